The summed E-state index contributed by atoms with van der Waals surface area (Å²) in [6.45, 7) is 7.33. The summed E-state index contributed by atoms with van der Waals surface area (Å²) in [5.41, 5.74) is 0. The molecule has 1 atom stereocenters. The van der Waals surface area contributed by atoms with Gasteiger partial charge in [-0.05, 0) is 13.3 Å². The van der Waals surface area contributed by atoms with Crippen molar-refractivity contribution in [2.75, 3.05) is 0 Å². The van der Waals surface area contributed by atoms with E-state index in [0.717, 1.165) is 19.3 Å². The molecule has 0 amide bonds. The van der Waals surface area contributed by atoms with Gasteiger partial charge in [0.15, 0.2) is 0 Å². The van der Waals surface area contributed by atoms with Crippen LogP contribution in [0, 0.1) is 0 Å². The molecular formula is C9H16MgO2. The second-order valence-corrected chi connectivity index (χ2v) is 2.59. The van der Waals surface area contributed by atoms with E-state index < -0.39 is 0 Å². The smallest absolute Gasteiger partial charge is 0.330 e. The fraction of sp³-hybridized carbons (Fsp3) is 0.667. The first-order chi connectivity index (χ1) is 5.20. The van der Waals surface area contributed by atoms with Crippen molar-refractivity contribution in [1.29, 1.82) is 0 Å². The summed E-state index contributed by atoms with van der Waals surface area (Å²) >= 11 is 0. The maximum atomic E-state index is 10.6. The van der Waals surface area contributed by atoms with Crippen LogP contribution in [0.15, 0.2) is 12.7 Å². The summed E-state index contributed by atoms with van der Waals surface area (Å²) in [6, 6.07) is 0. The minimum Gasteiger partial charge on any atom is -0.460 e. The molecule has 0 heterocycles. The van der Waals surface area contributed by atoms with E-state index in [-0.39, 0.29) is 35.1 Å². The molecule has 0 aromatic heterocycles. The quantitative estimate of drug-likeness (QED) is 0.367. The number of rotatable bonds is 5. The first-order valence-electron chi connectivity index (χ1n) is 4.03. The van der Waals surface area contributed by atoms with Crippen LogP contribution < -0.4 is 0 Å². The summed E-state index contributed by atoms with van der Waals surface area (Å²) in [5, 5.41) is 0. The van der Waals surface area contributed by atoms with Crippen LogP contribution in [-0.2, 0) is 9.53 Å². The number of carbonyl (C=O) groups excluding carboxylic acids is 1. The van der Waals surface area contributed by atoms with Crippen LogP contribution >= 0.6 is 0 Å². The van der Waals surface area contributed by atoms with Crippen LogP contribution in [0.3, 0.4) is 0 Å². The van der Waals surface area contributed by atoms with Gasteiger partial charge < -0.3 is 4.74 Å². The molecule has 0 aliphatic rings. The lowest BCUT2D eigenvalue weighted by Crippen LogP contribution is -2.12. The Labute approximate surface area is 90.5 Å². The molecule has 0 saturated heterocycles. The molecule has 0 N–H and O–H groups in total. The third-order valence-electron chi connectivity index (χ3n) is 1.45. The molecule has 0 saturated carbocycles. The van der Waals surface area contributed by atoms with Gasteiger partial charge in [0.2, 0.25) is 0 Å². The monoisotopic (exact) mass is 180 g/mol. The maximum absolute atomic E-state index is 10.6. The molecule has 2 nitrogen and oxygen atoms in total. The molecule has 0 fully saturated rings. The summed E-state index contributed by atoms with van der Waals surface area (Å²) in [5.74, 6) is -0.325. The van der Waals surface area contributed by atoms with Crippen molar-refractivity contribution in [2.24, 2.45) is 0 Å². The minimum absolute atomic E-state index is 0. The van der Waals surface area contributed by atoms with Gasteiger partial charge in [-0.25, -0.2) is 4.79 Å². The van der Waals surface area contributed by atoms with E-state index >= 15 is 0 Å². The Balaban J connectivity index is 0. The van der Waals surface area contributed by atoms with Gasteiger partial charge in [-0.2, -0.15) is 0 Å². The van der Waals surface area contributed by atoms with Crippen molar-refractivity contribution in [3.05, 3.63) is 12.7 Å². The Morgan fingerprint density at radius 1 is 1.67 bits per heavy atom. The van der Waals surface area contributed by atoms with E-state index in [1.165, 1.54) is 6.08 Å². The molecule has 3 heteroatoms. The van der Waals surface area contributed by atoms with Crippen molar-refractivity contribution >= 4 is 29.0 Å². The standard InChI is InChI=1S/C9H16O2.Mg/c1-4-6-7-8(3)11-9(10)5-2;/h5,8H,2,4,6-7H2,1,3H3;. The van der Waals surface area contributed by atoms with E-state index in [2.05, 4.69) is 13.5 Å². The fourth-order valence-corrected chi connectivity index (χ4v) is 0.797. The molecule has 0 aromatic rings. The minimum atomic E-state index is -0.325. The Morgan fingerprint density at radius 2 is 2.25 bits per heavy atom. The molecule has 0 aliphatic carbocycles. The second kappa shape index (κ2) is 9.07. The van der Waals surface area contributed by atoms with E-state index in [4.69, 9.17) is 4.74 Å². The summed E-state index contributed by atoms with van der Waals surface area (Å²) in [4.78, 5) is 10.6. The fourth-order valence-electron chi connectivity index (χ4n) is 0.797. The normalized spacial score (nSPS) is 11.2. The van der Waals surface area contributed by atoms with Crippen LogP contribution in [0.4, 0.5) is 0 Å². The van der Waals surface area contributed by atoms with E-state index in [1.807, 2.05) is 6.92 Å². The molecule has 0 bridgehead atoms. The van der Waals surface area contributed by atoms with Crippen LogP contribution in [0.5, 0.6) is 0 Å². The Hall–Kier alpha value is -0.0238. The van der Waals surface area contributed by atoms with Gasteiger partial charge in [-0.1, -0.05) is 26.3 Å². The lowest BCUT2D eigenvalue weighted by atomic mass is 10.2. The highest BCUT2D eigenvalue weighted by atomic mass is 24.3. The third kappa shape index (κ3) is 8.08. The van der Waals surface area contributed by atoms with Gasteiger partial charge in [0, 0.05) is 29.1 Å². The first kappa shape index (κ1) is 14.5. The van der Waals surface area contributed by atoms with Gasteiger partial charge in [-0.3, -0.25) is 0 Å². The summed E-state index contributed by atoms with van der Waals surface area (Å²) in [7, 11) is 0. The van der Waals surface area contributed by atoms with Crippen molar-refractivity contribution in [3.8, 4) is 0 Å². The molecule has 0 spiro atoms. The number of ether oxygens (including phenoxy) is 1. The van der Waals surface area contributed by atoms with Crippen LogP contribution in [0.2, 0.25) is 0 Å². The van der Waals surface area contributed by atoms with Crippen LogP contribution in [0.25, 0.3) is 0 Å². The summed E-state index contributed by atoms with van der Waals surface area (Å²) < 4.78 is 4.94. The average Bonchev–Trinajstić information content (AvgIpc) is 2.00. The lowest BCUT2D eigenvalue weighted by Gasteiger charge is -2.10. The zero-order valence-corrected chi connectivity index (χ0v) is 9.42. The largest absolute Gasteiger partial charge is 0.460 e. The molecule has 1 unspecified atom stereocenters. The molecule has 12 heavy (non-hydrogen) atoms. The highest BCUT2D eigenvalue weighted by Crippen LogP contribution is 2.03. The van der Waals surface area contributed by atoms with Crippen LogP contribution in [0.1, 0.15) is 33.1 Å². The third-order valence-corrected chi connectivity index (χ3v) is 1.45. The van der Waals surface area contributed by atoms with Gasteiger partial charge in [0.05, 0.1) is 6.10 Å². The molecular weight excluding hydrogens is 164 g/mol. The number of unbranched alkanes of at least 4 members (excludes halogenated alkanes) is 1. The topological polar surface area (TPSA) is 26.3 Å². The number of hydrogen-bond acceptors (Lipinski definition) is 2. The van der Waals surface area contributed by atoms with Gasteiger partial charge >= 0.3 is 5.97 Å². The van der Waals surface area contributed by atoms with Crippen molar-refractivity contribution in [3.63, 3.8) is 0 Å². The molecule has 66 valence electrons. The van der Waals surface area contributed by atoms with Crippen LogP contribution in [-0.4, -0.2) is 35.1 Å². The molecule has 0 rings (SSSR count). The van der Waals surface area contributed by atoms with E-state index in [1.54, 1.807) is 0 Å². The molecule has 2 radical (unpaired) electrons. The lowest BCUT2D eigenvalue weighted by molar-refractivity contribution is -0.142. The predicted octanol–water partition coefficient (Wildman–Crippen LogP) is 1.91. The van der Waals surface area contributed by atoms with Crippen molar-refractivity contribution in [1.82, 2.24) is 0 Å². The second-order valence-electron chi connectivity index (χ2n) is 2.59. The predicted molar refractivity (Wildman–Crippen MR) is 51.0 cm³/mol. The van der Waals surface area contributed by atoms with Crippen molar-refractivity contribution < 1.29 is 9.53 Å². The average molecular weight is 181 g/mol. The van der Waals surface area contributed by atoms with Gasteiger partial charge in [0.1, 0.15) is 0 Å². The van der Waals surface area contributed by atoms with Gasteiger partial charge in [0.25, 0.3) is 0 Å². The zero-order valence-electron chi connectivity index (χ0n) is 8.01. The van der Waals surface area contributed by atoms with E-state index in [9.17, 15) is 4.79 Å². The zero-order chi connectivity index (χ0) is 8.69. The number of hydrogen-bond donors (Lipinski definition) is 0. The Morgan fingerprint density at radius 3 is 2.67 bits per heavy atom. The van der Waals surface area contributed by atoms with Gasteiger partial charge in [-0.15, -0.1) is 0 Å². The molecule has 0 aliphatic heterocycles. The SMILES string of the molecule is C=CC(=O)OC(C)CCCC.[Mg]. The first-order valence-corrected chi connectivity index (χ1v) is 4.03. The molecule has 0 aromatic carbocycles. The highest BCUT2D eigenvalue weighted by Gasteiger charge is 2.04. The van der Waals surface area contributed by atoms with Crippen molar-refractivity contribution in [2.45, 2.75) is 39.2 Å². The van der Waals surface area contributed by atoms with E-state index in [0.29, 0.717) is 0 Å². The Bertz CT molecular complexity index is 134. The number of carbonyl (C=O) groups is 1. The maximum Gasteiger partial charge on any atom is 0.330 e. The number of esters is 1. The summed E-state index contributed by atoms with van der Waals surface area (Å²) in [6.07, 6.45) is 4.40. The Kier molecular flexibility index (Phi) is 11.0. The highest BCUT2D eigenvalue weighted by molar-refractivity contribution is 5.81.